The number of esters is 1. The van der Waals surface area contributed by atoms with Crippen LogP contribution >= 0.6 is 11.8 Å². The van der Waals surface area contributed by atoms with Crippen molar-refractivity contribution in [2.75, 3.05) is 13.2 Å². The molecule has 1 aliphatic heterocycles. The van der Waals surface area contributed by atoms with Crippen LogP contribution in [0.25, 0.3) is 5.78 Å². The molecule has 2 aromatic heterocycles. The Morgan fingerprint density at radius 2 is 2.10 bits per heavy atom. The van der Waals surface area contributed by atoms with Crippen LogP contribution < -0.4 is 16.4 Å². The van der Waals surface area contributed by atoms with E-state index in [1.165, 1.54) is 34.7 Å². The lowest BCUT2D eigenvalue weighted by Gasteiger charge is -2.16. The van der Waals surface area contributed by atoms with Crippen LogP contribution in [0, 0.1) is 6.92 Å². The Kier molecular flexibility index (Phi) is 7.65. The van der Waals surface area contributed by atoms with Crippen LogP contribution in [0.4, 0.5) is 0 Å². The van der Waals surface area contributed by atoms with Gasteiger partial charge in [-0.05, 0) is 48.9 Å². The van der Waals surface area contributed by atoms with Crippen molar-refractivity contribution < 1.29 is 23.9 Å². The van der Waals surface area contributed by atoms with Gasteiger partial charge in [0.25, 0.3) is 23.5 Å². The molecule has 1 unspecified atom stereocenters. The molecular weight excluding hydrogens is 534 g/mol. The van der Waals surface area contributed by atoms with Crippen LogP contribution in [-0.4, -0.2) is 61.7 Å². The molecule has 4 N–H and O–H groups in total. The smallest absolute Gasteiger partial charge is 0.338 e. The SMILES string of the molecule is C=CCOC(=O)c1ccc2c(c1C)CC[C@@H]2NC(=O)c1cc(C(=O)NCC2CC=C(C(N)=O)S2)nc2ncnn12. The molecule has 3 aromatic rings. The van der Waals surface area contributed by atoms with Gasteiger partial charge >= 0.3 is 5.97 Å². The van der Waals surface area contributed by atoms with Gasteiger partial charge in [-0.1, -0.05) is 24.8 Å². The average Bonchev–Trinajstić information content (AvgIpc) is 3.70. The second-order valence-electron chi connectivity index (χ2n) is 9.37. The Bertz CT molecular complexity index is 1580. The zero-order chi connectivity index (χ0) is 28.4. The number of fused-ring (bicyclic) bond motifs is 2. The summed E-state index contributed by atoms with van der Waals surface area (Å²) in [6, 6.07) is 4.62. The summed E-state index contributed by atoms with van der Waals surface area (Å²) >= 11 is 1.32. The van der Waals surface area contributed by atoms with E-state index >= 15 is 0 Å². The summed E-state index contributed by atoms with van der Waals surface area (Å²) in [6.07, 6.45) is 6.46. The quantitative estimate of drug-likeness (QED) is 0.260. The van der Waals surface area contributed by atoms with E-state index in [1.807, 2.05) is 13.0 Å². The number of ether oxygens (including phenoxy) is 1. The van der Waals surface area contributed by atoms with Crippen LogP contribution in [-0.2, 0) is 16.0 Å². The Morgan fingerprint density at radius 1 is 1.27 bits per heavy atom. The van der Waals surface area contributed by atoms with E-state index in [0.29, 0.717) is 36.3 Å². The molecular formula is C27H27N7O5S. The summed E-state index contributed by atoms with van der Waals surface area (Å²) in [6.45, 7) is 5.85. The van der Waals surface area contributed by atoms with E-state index in [0.717, 1.165) is 16.7 Å². The monoisotopic (exact) mass is 561 g/mol. The summed E-state index contributed by atoms with van der Waals surface area (Å²) in [5.74, 6) is -1.72. The number of nitrogens with zero attached hydrogens (tertiary/aromatic N) is 4. The fourth-order valence-electron chi connectivity index (χ4n) is 4.88. The second-order valence-corrected chi connectivity index (χ2v) is 10.7. The lowest BCUT2D eigenvalue weighted by Crippen LogP contribution is -2.32. The maximum Gasteiger partial charge on any atom is 0.338 e. The molecule has 13 heteroatoms. The maximum atomic E-state index is 13.4. The molecule has 5 rings (SSSR count). The number of amides is 3. The maximum absolute atomic E-state index is 13.4. The Balaban J connectivity index is 1.31. The van der Waals surface area contributed by atoms with Crippen LogP contribution in [0.5, 0.6) is 0 Å². The average molecular weight is 562 g/mol. The van der Waals surface area contributed by atoms with Gasteiger partial charge in [0.1, 0.15) is 24.3 Å². The zero-order valence-electron chi connectivity index (χ0n) is 21.7. The Morgan fingerprint density at radius 3 is 2.85 bits per heavy atom. The number of nitrogens with two attached hydrogens (primary N) is 1. The second kappa shape index (κ2) is 11.3. The van der Waals surface area contributed by atoms with Gasteiger partial charge in [-0.25, -0.2) is 9.78 Å². The van der Waals surface area contributed by atoms with Gasteiger partial charge in [0.15, 0.2) is 0 Å². The molecule has 3 amide bonds. The molecule has 0 spiro atoms. The van der Waals surface area contributed by atoms with Gasteiger partial charge in [-0.3, -0.25) is 14.4 Å². The van der Waals surface area contributed by atoms with E-state index in [2.05, 4.69) is 32.3 Å². The highest BCUT2D eigenvalue weighted by Gasteiger charge is 2.29. The molecule has 0 bridgehead atoms. The molecule has 2 atom stereocenters. The van der Waals surface area contributed by atoms with Gasteiger partial charge < -0.3 is 21.1 Å². The van der Waals surface area contributed by atoms with Gasteiger partial charge in [0.2, 0.25) is 0 Å². The minimum absolute atomic E-state index is 0.0158. The largest absolute Gasteiger partial charge is 0.458 e. The third-order valence-electron chi connectivity index (χ3n) is 6.86. The molecule has 206 valence electrons. The van der Waals surface area contributed by atoms with E-state index in [4.69, 9.17) is 10.5 Å². The number of primary amides is 1. The van der Waals surface area contributed by atoms with Crippen molar-refractivity contribution in [1.82, 2.24) is 30.2 Å². The fourth-order valence-corrected chi connectivity index (χ4v) is 5.91. The number of nitrogens with one attached hydrogen (secondary N) is 2. The zero-order valence-corrected chi connectivity index (χ0v) is 22.5. The molecule has 0 saturated heterocycles. The minimum atomic E-state index is -0.486. The van der Waals surface area contributed by atoms with Crippen molar-refractivity contribution in [3.05, 3.63) is 81.8 Å². The first-order chi connectivity index (χ1) is 19.3. The molecule has 1 aliphatic carbocycles. The fraction of sp³-hybridized carbons (Fsp3) is 0.296. The van der Waals surface area contributed by atoms with Crippen LogP contribution in [0.15, 0.2) is 48.2 Å². The van der Waals surface area contributed by atoms with Crippen LogP contribution in [0.3, 0.4) is 0 Å². The number of hydrogen-bond acceptors (Lipinski definition) is 9. The van der Waals surface area contributed by atoms with Crippen LogP contribution in [0.2, 0.25) is 0 Å². The first-order valence-corrected chi connectivity index (χ1v) is 13.5. The molecule has 1 aromatic carbocycles. The lowest BCUT2D eigenvalue weighted by molar-refractivity contribution is -0.113. The highest BCUT2D eigenvalue weighted by molar-refractivity contribution is 8.04. The first kappa shape index (κ1) is 27.1. The molecule has 0 saturated carbocycles. The predicted octanol–water partition coefficient (Wildman–Crippen LogP) is 1.80. The standard InChI is InChI=1S/C27H27N7O5S/c1-3-10-39-26(38)17-5-6-18-16(14(17)2)7-8-19(18)32-25(37)21-11-20(33-27-30-13-31-34(21)27)24(36)29-12-15-4-9-22(40-15)23(28)35/h3,5-6,9,11,13,15,19H,1,4,7-8,10,12H2,2H3,(H2,28,35)(H,29,36)(H,32,37)/t15?,19-/m0/s1. The molecule has 3 heterocycles. The van der Waals surface area contributed by atoms with Crippen molar-refractivity contribution >= 4 is 41.2 Å². The van der Waals surface area contributed by atoms with Gasteiger partial charge in [0, 0.05) is 17.9 Å². The van der Waals surface area contributed by atoms with Gasteiger partial charge in [0.05, 0.1) is 16.5 Å². The molecule has 2 aliphatic rings. The minimum Gasteiger partial charge on any atom is -0.458 e. The predicted molar refractivity (Wildman–Crippen MR) is 147 cm³/mol. The number of thioether (sulfide) groups is 1. The number of carbonyl (C=O) groups excluding carboxylic acids is 4. The van der Waals surface area contributed by atoms with Crippen molar-refractivity contribution in [2.45, 2.75) is 37.5 Å². The van der Waals surface area contributed by atoms with Gasteiger partial charge in [-0.2, -0.15) is 14.6 Å². The summed E-state index contributed by atoms with van der Waals surface area (Å²) < 4.78 is 6.47. The molecule has 0 fully saturated rings. The molecule has 40 heavy (non-hydrogen) atoms. The Labute approximate surface area is 233 Å². The lowest BCUT2D eigenvalue weighted by atomic mass is 9.98. The number of carbonyl (C=O) groups is 4. The van der Waals surface area contributed by atoms with Crippen LogP contribution in [0.1, 0.15) is 66.9 Å². The highest BCUT2D eigenvalue weighted by atomic mass is 32.2. The number of hydrogen-bond donors (Lipinski definition) is 3. The van der Waals surface area contributed by atoms with Crippen molar-refractivity contribution in [1.29, 1.82) is 0 Å². The molecule has 12 nitrogen and oxygen atoms in total. The van der Waals surface area contributed by atoms with E-state index < -0.39 is 23.7 Å². The first-order valence-electron chi connectivity index (χ1n) is 12.6. The summed E-state index contributed by atoms with van der Waals surface area (Å²) in [5.41, 5.74) is 8.67. The van der Waals surface area contributed by atoms with E-state index in [1.54, 1.807) is 12.1 Å². The number of allylic oxidation sites excluding steroid dienone is 1. The van der Waals surface area contributed by atoms with Gasteiger partial charge in [-0.15, -0.1) is 11.8 Å². The highest BCUT2D eigenvalue weighted by Crippen LogP contribution is 2.35. The third kappa shape index (κ3) is 5.32. The third-order valence-corrected chi connectivity index (χ3v) is 8.17. The van der Waals surface area contributed by atoms with Crippen molar-refractivity contribution in [3.8, 4) is 0 Å². The van der Waals surface area contributed by atoms with E-state index in [-0.39, 0.29) is 35.1 Å². The van der Waals surface area contributed by atoms with Crippen molar-refractivity contribution in [3.63, 3.8) is 0 Å². The van der Waals surface area contributed by atoms with E-state index in [9.17, 15) is 19.2 Å². The van der Waals surface area contributed by atoms with Crippen molar-refractivity contribution in [2.24, 2.45) is 5.73 Å². The summed E-state index contributed by atoms with van der Waals surface area (Å²) in [5, 5.41) is 9.91. The summed E-state index contributed by atoms with van der Waals surface area (Å²) in [7, 11) is 0. The number of benzene rings is 1. The Hall–Kier alpha value is -4.52. The normalized spacial score (nSPS) is 17.7. The molecule has 0 radical (unpaired) electrons. The number of rotatable bonds is 9. The number of aromatic nitrogens is 4. The topological polar surface area (TPSA) is 171 Å². The summed E-state index contributed by atoms with van der Waals surface area (Å²) in [4.78, 5) is 58.9.